The third-order valence-electron chi connectivity index (χ3n) is 3.80. The summed E-state index contributed by atoms with van der Waals surface area (Å²) in [6.07, 6.45) is 10.7. The zero-order valence-electron chi connectivity index (χ0n) is 12.9. The van der Waals surface area contributed by atoms with E-state index in [0.29, 0.717) is 12.4 Å². The summed E-state index contributed by atoms with van der Waals surface area (Å²) in [5.74, 6) is 5.09. The topological polar surface area (TPSA) is 41.9 Å². The van der Waals surface area contributed by atoms with Crippen molar-refractivity contribution < 1.29 is 0 Å². The highest BCUT2D eigenvalue weighted by molar-refractivity contribution is 5.54. The van der Waals surface area contributed by atoms with Crippen molar-refractivity contribution in [3.63, 3.8) is 0 Å². The Morgan fingerprint density at radius 3 is 2.82 bits per heavy atom. The molecule has 1 aliphatic rings. The first-order chi connectivity index (χ1) is 10.8. The van der Waals surface area contributed by atoms with Crippen LogP contribution >= 0.6 is 0 Å². The molecule has 0 radical (unpaired) electrons. The van der Waals surface area contributed by atoms with Gasteiger partial charge in [-0.15, -0.1) is 6.42 Å². The smallest absolute Gasteiger partial charge is 0.180 e. The van der Waals surface area contributed by atoms with Crippen LogP contribution in [0.1, 0.15) is 25.5 Å². The molecule has 1 saturated carbocycles. The second-order valence-electron chi connectivity index (χ2n) is 5.64. The third kappa shape index (κ3) is 3.43. The fourth-order valence-corrected chi connectivity index (χ4v) is 2.40. The molecule has 0 aliphatic heterocycles. The van der Waals surface area contributed by atoms with Crippen molar-refractivity contribution in [1.29, 1.82) is 0 Å². The second kappa shape index (κ2) is 6.57. The Morgan fingerprint density at radius 1 is 1.32 bits per heavy atom. The van der Waals surface area contributed by atoms with Gasteiger partial charge in [0.2, 0.25) is 0 Å². The zero-order chi connectivity index (χ0) is 15.4. The van der Waals surface area contributed by atoms with E-state index in [9.17, 15) is 0 Å². The predicted octanol–water partition coefficient (Wildman–Crippen LogP) is 2.95. The van der Waals surface area contributed by atoms with E-state index in [-0.39, 0.29) is 0 Å². The van der Waals surface area contributed by atoms with Crippen molar-refractivity contribution in [3.8, 4) is 23.9 Å². The number of rotatable bonds is 6. The van der Waals surface area contributed by atoms with Crippen LogP contribution in [-0.2, 0) is 6.42 Å². The lowest BCUT2D eigenvalue weighted by atomic mass is 10.2. The molecular weight excluding hydrogens is 272 g/mol. The molecule has 0 bridgehead atoms. The average Bonchev–Trinajstić information content (AvgIpc) is 3.39. The maximum atomic E-state index is 5.54. The molecule has 3 rings (SSSR count). The van der Waals surface area contributed by atoms with Gasteiger partial charge >= 0.3 is 0 Å². The molecule has 2 heterocycles. The predicted molar refractivity (Wildman–Crippen MR) is 88.4 cm³/mol. The van der Waals surface area contributed by atoms with E-state index in [1.807, 2.05) is 24.3 Å². The van der Waals surface area contributed by atoms with Gasteiger partial charge in [-0.1, -0.05) is 18.9 Å². The molecule has 112 valence electrons. The minimum absolute atomic E-state index is 0.582. The Bertz CT molecular complexity index is 671. The van der Waals surface area contributed by atoms with Gasteiger partial charge in [-0.3, -0.25) is 4.98 Å². The fraction of sp³-hybridized carbons (Fsp3) is 0.389. The first kappa shape index (κ1) is 14.5. The molecule has 22 heavy (non-hydrogen) atoms. The van der Waals surface area contributed by atoms with Gasteiger partial charge in [-0.25, -0.2) is 9.97 Å². The van der Waals surface area contributed by atoms with Crippen molar-refractivity contribution in [1.82, 2.24) is 15.0 Å². The molecule has 1 fully saturated rings. The minimum Gasteiger partial charge on any atom is -0.345 e. The number of nitrogens with zero attached hydrogens (tertiary/aromatic N) is 4. The average molecular weight is 292 g/mol. The fourth-order valence-electron chi connectivity index (χ4n) is 2.40. The molecule has 4 nitrogen and oxygen atoms in total. The lowest BCUT2D eigenvalue weighted by molar-refractivity contribution is 0.751. The number of anilines is 1. The summed E-state index contributed by atoms with van der Waals surface area (Å²) < 4.78 is 0. The minimum atomic E-state index is 0.582. The van der Waals surface area contributed by atoms with Gasteiger partial charge in [0, 0.05) is 24.5 Å². The van der Waals surface area contributed by atoms with Crippen LogP contribution in [-0.4, -0.2) is 28.0 Å². The molecule has 0 atom stereocenters. The Labute approximate surface area is 131 Å². The summed E-state index contributed by atoms with van der Waals surface area (Å²) in [5, 5.41) is 0. The highest BCUT2D eigenvalue weighted by Crippen LogP contribution is 2.31. The van der Waals surface area contributed by atoms with E-state index in [1.54, 1.807) is 6.20 Å². The van der Waals surface area contributed by atoms with Gasteiger partial charge < -0.3 is 4.90 Å². The molecule has 1 aliphatic carbocycles. The molecular formula is C18H20N4. The molecule has 2 aromatic rings. The Hall–Kier alpha value is -2.41. The molecule has 0 saturated heterocycles. The van der Waals surface area contributed by atoms with Crippen LogP contribution in [0.4, 0.5) is 5.82 Å². The molecule has 0 amide bonds. The van der Waals surface area contributed by atoms with Crippen LogP contribution in [0, 0.1) is 18.3 Å². The van der Waals surface area contributed by atoms with Crippen molar-refractivity contribution in [3.05, 3.63) is 36.2 Å². The van der Waals surface area contributed by atoms with E-state index in [4.69, 9.17) is 11.4 Å². The van der Waals surface area contributed by atoms with Crippen LogP contribution in [0.2, 0.25) is 0 Å². The van der Waals surface area contributed by atoms with Crippen molar-refractivity contribution in [2.24, 2.45) is 5.92 Å². The number of hydrogen-bond donors (Lipinski definition) is 0. The van der Waals surface area contributed by atoms with E-state index in [2.05, 4.69) is 27.7 Å². The van der Waals surface area contributed by atoms with E-state index in [1.165, 1.54) is 12.8 Å². The molecule has 0 spiro atoms. The van der Waals surface area contributed by atoms with E-state index in [0.717, 1.165) is 36.1 Å². The first-order valence-electron chi connectivity index (χ1n) is 7.78. The summed E-state index contributed by atoms with van der Waals surface area (Å²) in [6.45, 7) is 3.66. The zero-order valence-corrected chi connectivity index (χ0v) is 12.9. The SMILES string of the molecule is C#CCN(CC1CC1)c1cc(CC)nc(-c2ccccn2)n1. The number of terminal acetylenes is 1. The molecule has 0 aromatic carbocycles. The molecule has 0 N–H and O–H groups in total. The molecule has 2 aromatic heterocycles. The van der Waals surface area contributed by atoms with Crippen molar-refractivity contribution >= 4 is 5.82 Å². The summed E-state index contributed by atoms with van der Waals surface area (Å²) >= 11 is 0. The van der Waals surface area contributed by atoms with Crippen LogP contribution in [0.3, 0.4) is 0 Å². The highest BCUT2D eigenvalue weighted by Gasteiger charge is 2.25. The number of aromatic nitrogens is 3. The maximum absolute atomic E-state index is 5.54. The van der Waals surface area contributed by atoms with Gasteiger partial charge in [0.05, 0.1) is 6.54 Å². The standard InChI is InChI=1S/C18H20N4/c1-3-11-22(13-14-8-9-14)17-12-15(4-2)20-18(21-17)16-7-5-6-10-19-16/h1,5-7,10,12,14H,4,8-9,11,13H2,2H3. The lowest BCUT2D eigenvalue weighted by Gasteiger charge is -2.22. The Balaban J connectivity index is 1.97. The van der Waals surface area contributed by atoms with Crippen molar-refractivity contribution in [2.45, 2.75) is 26.2 Å². The largest absolute Gasteiger partial charge is 0.345 e. The summed E-state index contributed by atoms with van der Waals surface area (Å²) in [7, 11) is 0. The lowest BCUT2D eigenvalue weighted by Crippen LogP contribution is -2.27. The first-order valence-corrected chi connectivity index (χ1v) is 7.78. The van der Waals surface area contributed by atoms with Crippen molar-refractivity contribution in [2.75, 3.05) is 18.0 Å². The van der Waals surface area contributed by atoms with Gasteiger partial charge in [0.15, 0.2) is 5.82 Å². The van der Waals surface area contributed by atoms with Gasteiger partial charge in [-0.05, 0) is 37.3 Å². The summed E-state index contributed by atoms with van der Waals surface area (Å²) in [6, 6.07) is 7.83. The quantitative estimate of drug-likeness (QED) is 0.768. The number of pyridine rings is 1. The third-order valence-corrected chi connectivity index (χ3v) is 3.80. The van der Waals surface area contributed by atoms with Gasteiger partial charge in [0.25, 0.3) is 0 Å². The van der Waals surface area contributed by atoms with E-state index < -0.39 is 0 Å². The van der Waals surface area contributed by atoms with E-state index >= 15 is 0 Å². The molecule has 0 unspecified atom stereocenters. The second-order valence-corrected chi connectivity index (χ2v) is 5.64. The maximum Gasteiger partial charge on any atom is 0.180 e. The van der Waals surface area contributed by atoms with Crippen LogP contribution in [0.5, 0.6) is 0 Å². The van der Waals surface area contributed by atoms with Gasteiger partial charge in [-0.2, -0.15) is 0 Å². The number of hydrogen-bond acceptors (Lipinski definition) is 4. The monoisotopic (exact) mass is 292 g/mol. The number of aryl methyl sites for hydroxylation is 1. The summed E-state index contributed by atoms with van der Waals surface area (Å²) in [5.41, 5.74) is 1.81. The Morgan fingerprint density at radius 2 is 2.18 bits per heavy atom. The van der Waals surface area contributed by atoms with Crippen LogP contribution in [0.15, 0.2) is 30.5 Å². The van der Waals surface area contributed by atoms with Crippen LogP contribution < -0.4 is 4.90 Å². The Kier molecular flexibility index (Phi) is 4.34. The summed E-state index contributed by atoms with van der Waals surface area (Å²) in [4.78, 5) is 15.9. The molecule has 4 heteroatoms. The van der Waals surface area contributed by atoms with Crippen LogP contribution in [0.25, 0.3) is 11.5 Å². The highest BCUT2D eigenvalue weighted by atomic mass is 15.2. The normalized spacial score (nSPS) is 13.6. The van der Waals surface area contributed by atoms with Gasteiger partial charge in [0.1, 0.15) is 11.5 Å².